The summed E-state index contributed by atoms with van der Waals surface area (Å²) in [4.78, 5) is 52.8. The number of halogens is 3. The molecule has 2 heterocycles. The molecule has 2 aromatic carbocycles. The molecule has 0 bridgehead atoms. The molecule has 0 radical (unpaired) electrons. The number of aromatic amines is 1. The second-order valence-electron chi connectivity index (χ2n) is 8.45. The van der Waals surface area contributed by atoms with Gasteiger partial charge in [-0.15, -0.1) is 0 Å². The number of hydrogen-bond donors (Lipinski definition) is 3. The van der Waals surface area contributed by atoms with Gasteiger partial charge in [-0.3, -0.25) is 19.5 Å². The summed E-state index contributed by atoms with van der Waals surface area (Å²) < 4.78 is 40.7. The third kappa shape index (κ3) is 3.25. The number of fused-ring (bicyclic) bond motifs is 2. The van der Waals surface area contributed by atoms with E-state index in [-0.39, 0.29) is 23.4 Å². The molecular formula is C22H18F3N5O4. The maximum Gasteiger partial charge on any atom is 0.418 e. The van der Waals surface area contributed by atoms with Crippen LogP contribution in [0.4, 0.5) is 23.7 Å². The van der Waals surface area contributed by atoms with E-state index in [4.69, 9.17) is 0 Å². The Morgan fingerprint density at radius 2 is 1.85 bits per heavy atom. The molecule has 2 aliphatic rings. The molecule has 1 aromatic heterocycles. The first kappa shape index (κ1) is 21.7. The van der Waals surface area contributed by atoms with Crippen molar-refractivity contribution in [1.82, 2.24) is 19.8 Å². The predicted octanol–water partition coefficient (Wildman–Crippen LogP) is 2.01. The van der Waals surface area contributed by atoms with E-state index in [0.29, 0.717) is 12.1 Å². The lowest BCUT2D eigenvalue weighted by atomic mass is 9.95. The van der Waals surface area contributed by atoms with Gasteiger partial charge in [-0.1, -0.05) is 12.1 Å². The quantitative estimate of drug-likeness (QED) is 0.505. The molecule has 12 heteroatoms. The average Bonchev–Trinajstić information content (AvgIpc) is 3.36. The van der Waals surface area contributed by atoms with E-state index in [2.05, 4.69) is 15.6 Å². The number of carbonyl (C=O) groups excluding carboxylic acids is 3. The fraction of sp³-hybridized carbons (Fsp3) is 0.273. The fourth-order valence-electron chi connectivity index (χ4n) is 4.69. The van der Waals surface area contributed by atoms with Crippen LogP contribution in [0.2, 0.25) is 0 Å². The van der Waals surface area contributed by atoms with Crippen molar-refractivity contribution in [1.29, 1.82) is 0 Å². The van der Waals surface area contributed by atoms with Gasteiger partial charge in [0, 0.05) is 25.6 Å². The predicted molar refractivity (Wildman–Crippen MR) is 114 cm³/mol. The molecule has 9 nitrogen and oxygen atoms in total. The Balaban J connectivity index is 1.37. The van der Waals surface area contributed by atoms with Gasteiger partial charge in [-0.25, -0.2) is 9.59 Å². The Hall–Kier alpha value is -4.09. The van der Waals surface area contributed by atoms with Crippen molar-refractivity contribution < 1.29 is 27.6 Å². The van der Waals surface area contributed by atoms with Gasteiger partial charge in [0.15, 0.2) is 0 Å². The van der Waals surface area contributed by atoms with E-state index in [1.165, 1.54) is 17.0 Å². The summed E-state index contributed by atoms with van der Waals surface area (Å²) in [6.07, 6.45) is -4.03. The van der Waals surface area contributed by atoms with Crippen molar-refractivity contribution in [3.63, 3.8) is 0 Å². The van der Waals surface area contributed by atoms with Crippen LogP contribution in [-0.4, -0.2) is 44.9 Å². The number of para-hydroxylation sites is 1. The van der Waals surface area contributed by atoms with E-state index in [0.717, 1.165) is 21.8 Å². The van der Waals surface area contributed by atoms with Gasteiger partial charge in [0.1, 0.15) is 12.1 Å². The Morgan fingerprint density at radius 3 is 2.53 bits per heavy atom. The van der Waals surface area contributed by atoms with Crippen LogP contribution >= 0.6 is 0 Å². The number of H-pyrrole nitrogens is 1. The van der Waals surface area contributed by atoms with Gasteiger partial charge in [0.25, 0.3) is 5.91 Å². The number of benzene rings is 2. The number of likely N-dealkylation sites (N-methyl/N-ethyl adjacent to an activating group) is 1. The highest BCUT2D eigenvalue weighted by Crippen LogP contribution is 2.38. The zero-order valence-electron chi connectivity index (χ0n) is 17.7. The van der Waals surface area contributed by atoms with Gasteiger partial charge in [0.2, 0.25) is 5.91 Å². The summed E-state index contributed by atoms with van der Waals surface area (Å²) in [5.41, 5.74) is -1.20. The van der Waals surface area contributed by atoms with E-state index in [9.17, 15) is 32.3 Å². The van der Waals surface area contributed by atoms with Crippen molar-refractivity contribution in [3.8, 4) is 0 Å². The van der Waals surface area contributed by atoms with Crippen LogP contribution in [0.15, 0.2) is 41.2 Å². The van der Waals surface area contributed by atoms with Gasteiger partial charge >= 0.3 is 17.9 Å². The summed E-state index contributed by atoms with van der Waals surface area (Å²) in [6.45, 7) is -0.499. The SMILES string of the molecule is CN1C(=O)NC(=O)C12Cc1ccc(NC(=O)Cn3c(=O)[nH]c4c(C(F)(F)F)cccc43)cc1C2. The number of alkyl halides is 3. The van der Waals surface area contributed by atoms with E-state index < -0.39 is 41.5 Å². The van der Waals surface area contributed by atoms with Crippen molar-refractivity contribution in [2.24, 2.45) is 0 Å². The molecule has 1 aliphatic heterocycles. The molecule has 1 aliphatic carbocycles. The summed E-state index contributed by atoms with van der Waals surface area (Å²) in [5.74, 6) is -0.988. The number of imidazole rings is 1. The number of aromatic nitrogens is 2. The Labute approximate surface area is 189 Å². The van der Waals surface area contributed by atoms with Gasteiger partial charge in [0.05, 0.1) is 16.6 Å². The lowest BCUT2D eigenvalue weighted by Crippen LogP contribution is -2.48. The molecule has 1 spiro atoms. The Morgan fingerprint density at radius 1 is 1.12 bits per heavy atom. The number of carbonyl (C=O) groups is 3. The van der Waals surface area contributed by atoms with Crippen molar-refractivity contribution in [3.05, 3.63) is 63.6 Å². The highest BCUT2D eigenvalue weighted by atomic mass is 19.4. The third-order valence-electron chi connectivity index (χ3n) is 6.46. The van der Waals surface area contributed by atoms with Crippen LogP contribution in [0.3, 0.4) is 0 Å². The minimum Gasteiger partial charge on any atom is -0.325 e. The first-order valence-electron chi connectivity index (χ1n) is 10.3. The molecule has 34 heavy (non-hydrogen) atoms. The summed E-state index contributed by atoms with van der Waals surface area (Å²) in [7, 11) is 1.55. The zero-order valence-corrected chi connectivity index (χ0v) is 17.7. The molecule has 1 saturated heterocycles. The van der Waals surface area contributed by atoms with Crippen molar-refractivity contribution in [2.75, 3.05) is 12.4 Å². The fourth-order valence-corrected chi connectivity index (χ4v) is 4.69. The summed E-state index contributed by atoms with van der Waals surface area (Å²) in [5, 5.41) is 4.95. The molecule has 3 N–H and O–H groups in total. The molecule has 1 unspecified atom stereocenters. The molecule has 1 fully saturated rings. The molecule has 4 amide bonds. The topological polar surface area (TPSA) is 116 Å². The summed E-state index contributed by atoms with van der Waals surface area (Å²) in [6, 6.07) is 7.95. The van der Waals surface area contributed by atoms with E-state index in [1.54, 1.807) is 25.2 Å². The molecule has 5 rings (SSSR count). The van der Waals surface area contributed by atoms with Gasteiger partial charge < -0.3 is 15.2 Å². The molecular weight excluding hydrogens is 455 g/mol. The first-order valence-corrected chi connectivity index (χ1v) is 10.3. The van der Waals surface area contributed by atoms with E-state index >= 15 is 0 Å². The average molecular weight is 473 g/mol. The second kappa shape index (κ2) is 7.20. The maximum atomic E-state index is 13.2. The molecule has 3 aromatic rings. The lowest BCUT2D eigenvalue weighted by Gasteiger charge is -2.27. The number of rotatable bonds is 3. The van der Waals surface area contributed by atoms with Crippen LogP contribution in [0.25, 0.3) is 11.0 Å². The third-order valence-corrected chi connectivity index (χ3v) is 6.46. The largest absolute Gasteiger partial charge is 0.418 e. The standard InChI is InChI=1S/C22H18F3N5O4/c1-29-19(33)28-18(32)21(29)8-11-5-6-13(7-12(11)9-21)26-16(31)10-30-15-4-2-3-14(22(23,24)25)17(15)27-20(30)34/h2-7H,8-10H2,1H3,(H,26,31)(H,27,34)(H,28,32,33). The van der Waals surface area contributed by atoms with E-state index in [1.807, 2.05) is 0 Å². The van der Waals surface area contributed by atoms with Crippen LogP contribution in [0.5, 0.6) is 0 Å². The Bertz CT molecular complexity index is 1440. The number of nitrogens with zero attached hydrogens (tertiary/aromatic N) is 2. The highest BCUT2D eigenvalue weighted by Gasteiger charge is 2.54. The summed E-state index contributed by atoms with van der Waals surface area (Å²) >= 11 is 0. The number of urea groups is 1. The van der Waals surface area contributed by atoms with Crippen LogP contribution in [0, 0.1) is 0 Å². The minimum atomic E-state index is -4.66. The van der Waals surface area contributed by atoms with Gasteiger partial charge in [-0.05, 0) is 35.4 Å². The monoisotopic (exact) mass is 473 g/mol. The number of amides is 4. The number of imide groups is 1. The minimum absolute atomic E-state index is 0.0363. The van der Waals surface area contributed by atoms with Gasteiger partial charge in [-0.2, -0.15) is 13.2 Å². The second-order valence-corrected chi connectivity index (χ2v) is 8.45. The van der Waals surface area contributed by atoms with Crippen LogP contribution < -0.4 is 16.3 Å². The molecule has 0 saturated carbocycles. The molecule has 176 valence electrons. The number of hydrogen-bond acceptors (Lipinski definition) is 4. The normalized spacial score (nSPS) is 19.7. The van der Waals surface area contributed by atoms with Crippen molar-refractivity contribution >= 4 is 34.6 Å². The first-order chi connectivity index (χ1) is 16.0. The van der Waals surface area contributed by atoms with Crippen LogP contribution in [-0.2, 0) is 35.2 Å². The maximum absolute atomic E-state index is 13.2. The molecule has 1 atom stereocenters. The van der Waals surface area contributed by atoms with Crippen molar-refractivity contribution in [2.45, 2.75) is 31.1 Å². The Kier molecular flexibility index (Phi) is 4.61. The zero-order chi connectivity index (χ0) is 24.4. The highest BCUT2D eigenvalue weighted by molar-refractivity contribution is 6.07. The lowest BCUT2D eigenvalue weighted by molar-refractivity contribution is -0.136. The smallest absolute Gasteiger partial charge is 0.325 e. The number of anilines is 1. The number of nitrogens with one attached hydrogen (secondary N) is 3. The van der Waals surface area contributed by atoms with Crippen LogP contribution in [0.1, 0.15) is 16.7 Å².